The van der Waals surface area contributed by atoms with Gasteiger partial charge in [0.25, 0.3) is 11.8 Å². The van der Waals surface area contributed by atoms with Crippen LogP contribution in [-0.4, -0.2) is 52.3 Å². The summed E-state index contributed by atoms with van der Waals surface area (Å²) in [6.45, 7) is 1.04. The van der Waals surface area contributed by atoms with Gasteiger partial charge in [-0.25, -0.2) is 4.79 Å². The van der Waals surface area contributed by atoms with Crippen LogP contribution in [0.3, 0.4) is 0 Å². The molecule has 1 N–H and O–H groups in total. The van der Waals surface area contributed by atoms with Crippen molar-refractivity contribution in [1.29, 1.82) is 0 Å². The van der Waals surface area contributed by atoms with Crippen molar-refractivity contribution in [3.05, 3.63) is 24.2 Å². The first-order valence-corrected chi connectivity index (χ1v) is 8.59. The number of carbonyl (C=O) groups excluding carboxylic acids is 3. The third-order valence-electron chi connectivity index (χ3n) is 5.50. The summed E-state index contributed by atoms with van der Waals surface area (Å²) >= 11 is 0. The van der Waals surface area contributed by atoms with Crippen LogP contribution >= 0.6 is 0 Å². The van der Waals surface area contributed by atoms with E-state index in [4.69, 9.17) is 4.42 Å². The minimum atomic E-state index is -0.655. The van der Waals surface area contributed by atoms with Gasteiger partial charge in [-0.1, -0.05) is 12.8 Å². The number of furan rings is 1. The lowest BCUT2D eigenvalue weighted by Gasteiger charge is -2.35. The van der Waals surface area contributed by atoms with Gasteiger partial charge in [-0.05, 0) is 37.8 Å². The Bertz CT molecular complexity index is 655. The van der Waals surface area contributed by atoms with Crippen molar-refractivity contribution in [2.75, 3.05) is 13.1 Å². The molecule has 24 heavy (non-hydrogen) atoms. The first kappa shape index (κ1) is 15.2. The molecule has 1 aromatic heterocycles. The van der Waals surface area contributed by atoms with Crippen molar-refractivity contribution in [2.24, 2.45) is 0 Å². The number of amides is 4. The van der Waals surface area contributed by atoms with Crippen LogP contribution in [0.15, 0.2) is 22.8 Å². The van der Waals surface area contributed by atoms with Gasteiger partial charge in [0.15, 0.2) is 5.76 Å². The van der Waals surface area contributed by atoms with Crippen LogP contribution in [0.25, 0.3) is 0 Å². The topological polar surface area (TPSA) is 82.9 Å². The van der Waals surface area contributed by atoms with Crippen molar-refractivity contribution in [3.63, 3.8) is 0 Å². The standard InChI is InChI=1S/C17H21N3O4/c21-14(13-4-3-11-24-13)19-9-5-12(6-10-19)20-15(22)17(18-16(20)23)7-1-2-8-17/h3-4,11-12H,1-2,5-10H2,(H,18,23). The fourth-order valence-corrected chi connectivity index (χ4v) is 4.17. The van der Waals surface area contributed by atoms with Crippen molar-refractivity contribution in [3.8, 4) is 0 Å². The second-order valence-corrected chi connectivity index (χ2v) is 6.90. The molecule has 4 amide bonds. The predicted molar refractivity (Wildman–Crippen MR) is 84.2 cm³/mol. The summed E-state index contributed by atoms with van der Waals surface area (Å²) in [6.07, 6.45) is 6.15. The maximum absolute atomic E-state index is 12.8. The van der Waals surface area contributed by atoms with Gasteiger partial charge in [-0.15, -0.1) is 0 Å². The third-order valence-corrected chi connectivity index (χ3v) is 5.50. The monoisotopic (exact) mass is 331 g/mol. The van der Waals surface area contributed by atoms with Crippen molar-refractivity contribution >= 4 is 17.8 Å². The highest BCUT2D eigenvalue weighted by atomic mass is 16.3. The second-order valence-electron chi connectivity index (χ2n) is 6.90. The molecule has 7 heteroatoms. The number of urea groups is 1. The lowest BCUT2D eigenvalue weighted by atomic mass is 9.96. The molecule has 2 aliphatic heterocycles. The maximum atomic E-state index is 12.8. The molecule has 1 spiro atoms. The predicted octanol–water partition coefficient (Wildman–Crippen LogP) is 1.75. The number of piperidine rings is 1. The van der Waals surface area contributed by atoms with E-state index in [0.29, 0.717) is 31.7 Å². The molecule has 0 bridgehead atoms. The third kappa shape index (κ3) is 2.30. The molecule has 0 aromatic carbocycles. The Morgan fingerprint density at radius 1 is 1.21 bits per heavy atom. The molecule has 128 valence electrons. The summed E-state index contributed by atoms with van der Waals surface area (Å²) in [5, 5.41) is 2.92. The molecule has 3 fully saturated rings. The molecule has 1 aromatic rings. The Labute approximate surface area is 140 Å². The van der Waals surface area contributed by atoms with Gasteiger partial charge >= 0.3 is 6.03 Å². The molecule has 4 rings (SSSR count). The summed E-state index contributed by atoms with van der Waals surface area (Å²) in [7, 11) is 0. The molecule has 3 heterocycles. The number of hydrogen-bond donors (Lipinski definition) is 1. The van der Waals surface area contributed by atoms with Gasteiger partial charge in [0, 0.05) is 19.1 Å². The quantitative estimate of drug-likeness (QED) is 0.837. The van der Waals surface area contributed by atoms with Crippen LogP contribution in [-0.2, 0) is 4.79 Å². The number of imide groups is 1. The lowest BCUT2D eigenvalue weighted by Crippen LogP contribution is -2.50. The van der Waals surface area contributed by atoms with E-state index in [1.165, 1.54) is 11.2 Å². The summed E-state index contributed by atoms with van der Waals surface area (Å²) in [6, 6.07) is 2.94. The van der Waals surface area contributed by atoms with E-state index in [0.717, 1.165) is 25.7 Å². The molecular formula is C17H21N3O4. The van der Waals surface area contributed by atoms with Crippen molar-refractivity contribution in [2.45, 2.75) is 50.1 Å². The van der Waals surface area contributed by atoms with Crippen LogP contribution in [0, 0.1) is 0 Å². The fourth-order valence-electron chi connectivity index (χ4n) is 4.17. The highest BCUT2D eigenvalue weighted by Crippen LogP contribution is 2.37. The van der Waals surface area contributed by atoms with Crippen LogP contribution in [0.1, 0.15) is 49.1 Å². The zero-order valence-corrected chi connectivity index (χ0v) is 13.5. The number of nitrogens with one attached hydrogen (secondary N) is 1. The number of likely N-dealkylation sites (tertiary alicyclic amines) is 1. The molecule has 7 nitrogen and oxygen atoms in total. The molecule has 0 atom stereocenters. The normalized spacial score (nSPS) is 24.0. The number of carbonyl (C=O) groups is 3. The molecule has 0 unspecified atom stereocenters. The first-order valence-electron chi connectivity index (χ1n) is 8.59. The zero-order chi connectivity index (χ0) is 16.7. The second kappa shape index (κ2) is 5.65. The Hall–Kier alpha value is -2.31. The minimum absolute atomic E-state index is 0.0687. The van der Waals surface area contributed by atoms with Crippen molar-refractivity contribution in [1.82, 2.24) is 15.1 Å². The van der Waals surface area contributed by atoms with Crippen LogP contribution in [0.2, 0.25) is 0 Å². The molecule has 3 aliphatic rings. The summed E-state index contributed by atoms with van der Waals surface area (Å²) in [5.41, 5.74) is -0.655. The van der Waals surface area contributed by atoms with Crippen LogP contribution in [0.5, 0.6) is 0 Å². The Morgan fingerprint density at radius 2 is 1.92 bits per heavy atom. The molecule has 1 saturated carbocycles. The average molecular weight is 331 g/mol. The smallest absolute Gasteiger partial charge is 0.325 e. The molecular weight excluding hydrogens is 310 g/mol. The van der Waals surface area contributed by atoms with E-state index in [9.17, 15) is 14.4 Å². The van der Waals surface area contributed by atoms with Crippen LogP contribution in [0.4, 0.5) is 4.79 Å². The van der Waals surface area contributed by atoms with Crippen molar-refractivity contribution < 1.29 is 18.8 Å². The highest BCUT2D eigenvalue weighted by Gasteiger charge is 2.54. The average Bonchev–Trinajstić information content (AvgIpc) is 3.31. The maximum Gasteiger partial charge on any atom is 0.325 e. The summed E-state index contributed by atoms with van der Waals surface area (Å²) in [4.78, 5) is 40.6. The number of nitrogens with zero attached hydrogens (tertiary/aromatic N) is 2. The first-order chi connectivity index (χ1) is 11.6. The van der Waals surface area contributed by atoms with E-state index in [2.05, 4.69) is 5.32 Å². The Balaban J connectivity index is 1.42. The summed E-state index contributed by atoms with van der Waals surface area (Å²) < 4.78 is 5.15. The van der Waals surface area contributed by atoms with Gasteiger partial charge in [-0.2, -0.15) is 0 Å². The van der Waals surface area contributed by atoms with E-state index < -0.39 is 5.54 Å². The fraction of sp³-hybridized carbons (Fsp3) is 0.588. The minimum Gasteiger partial charge on any atom is -0.459 e. The van der Waals surface area contributed by atoms with Crippen LogP contribution < -0.4 is 5.32 Å². The highest BCUT2D eigenvalue weighted by molar-refractivity contribution is 6.07. The lowest BCUT2D eigenvalue weighted by molar-refractivity contribution is -0.133. The molecule has 2 saturated heterocycles. The Kier molecular flexibility index (Phi) is 3.58. The summed E-state index contributed by atoms with van der Waals surface area (Å²) in [5.74, 6) is 0.122. The number of hydrogen-bond acceptors (Lipinski definition) is 4. The number of rotatable bonds is 2. The SMILES string of the molecule is O=C(c1ccco1)N1CCC(N2C(=O)NC3(CCCC3)C2=O)CC1. The zero-order valence-electron chi connectivity index (χ0n) is 13.5. The van der Waals surface area contributed by atoms with Gasteiger partial charge in [0.2, 0.25) is 0 Å². The van der Waals surface area contributed by atoms with Gasteiger partial charge in [0.05, 0.1) is 6.26 Å². The van der Waals surface area contributed by atoms with E-state index >= 15 is 0 Å². The van der Waals surface area contributed by atoms with Gasteiger partial charge < -0.3 is 14.6 Å². The van der Waals surface area contributed by atoms with E-state index in [-0.39, 0.29) is 23.9 Å². The molecule has 0 radical (unpaired) electrons. The van der Waals surface area contributed by atoms with E-state index in [1.54, 1.807) is 17.0 Å². The van der Waals surface area contributed by atoms with Gasteiger partial charge in [0.1, 0.15) is 5.54 Å². The Morgan fingerprint density at radius 3 is 2.54 bits per heavy atom. The largest absolute Gasteiger partial charge is 0.459 e. The molecule has 1 aliphatic carbocycles. The van der Waals surface area contributed by atoms with Gasteiger partial charge in [-0.3, -0.25) is 14.5 Å². The van der Waals surface area contributed by atoms with E-state index in [1.807, 2.05) is 0 Å².